The lowest BCUT2D eigenvalue weighted by Gasteiger charge is -2.21. The Kier molecular flexibility index (Phi) is 69.0. The Morgan fingerprint density at radius 1 is 0.273 bits per heavy atom. The number of rotatable bonds is 78. The first kappa shape index (κ1) is 97.1. The van der Waals surface area contributed by atoms with Crippen LogP contribution in [0.2, 0.25) is 0 Å². The van der Waals surface area contributed by atoms with Crippen LogP contribution in [0.1, 0.15) is 414 Å². The van der Waals surface area contributed by atoms with Gasteiger partial charge in [-0.15, -0.1) is 0 Å². The number of carbonyl (C=O) groups excluding carboxylic acids is 4. The van der Waals surface area contributed by atoms with Crippen LogP contribution in [-0.4, -0.2) is 96.7 Å². The van der Waals surface area contributed by atoms with Gasteiger partial charge in [0.15, 0.2) is 12.2 Å². The van der Waals surface area contributed by atoms with Gasteiger partial charge in [0, 0.05) is 25.7 Å². The van der Waals surface area contributed by atoms with Gasteiger partial charge in [-0.3, -0.25) is 37.3 Å². The van der Waals surface area contributed by atoms with Gasteiger partial charge in [-0.05, 0) is 43.4 Å². The lowest BCUT2D eigenvalue weighted by molar-refractivity contribution is -0.161. The van der Waals surface area contributed by atoms with Crippen molar-refractivity contribution in [3.63, 3.8) is 0 Å². The van der Waals surface area contributed by atoms with E-state index in [1.54, 1.807) is 0 Å². The summed E-state index contributed by atoms with van der Waals surface area (Å²) in [5, 5.41) is 10.6. The second-order valence-electron chi connectivity index (χ2n) is 30.2. The number of carbonyl (C=O) groups is 4. The van der Waals surface area contributed by atoms with Crippen molar-refractivity contribution in [1.82, 2.24) is 0 Å². The van der Waals surface area contributed by atoms with E-state index >= 15 is 0 Å². The van der Waals surface area contributed by atoms with Crippen molar-refractivity contribution in [3.05, 3.63) is 0 Å². The number of phosphoric ester groups is 2. The fraction of sp³-hybridized carbons (Fsp3) is 0.950. The molecule has 0 fully saturated rings. The summed E-state index contributed by atoms with van der Waals surface area (Å²) in [6, 6.07) is 0. The van der Waals surface area contributed by atoms with Gasteiger partial charge in [-0.1, -0.05) is 363 Å². The van der Waals surface area contributed by atoms with Gasteiger partial charge in [-0.25, -0.2) is 9.13 Å². The zero-order chi connectivity index (χ0) is 73.0. The van der Waals surface area contributed by atoms with Crippen LogP contribution in [0.5, 0.6) is 0 Å². The molecule has 0 rings (SSSR count). The molecule has 0 radical (unpaired) electrons. The standard InChI is InChI=1S/C80H156O17P2/c1-8-9-10-11-12-13-14-15-16-17-18-19-20-21-22-23-28-33-42-49-56-63-79(84)96-75(67-90-77(82)61-54-47-40-32-27-25-24-26-30-37-44-51-58-71(2)3)69-94-98(86,87)92-65-74(81)66-93-99(88,89)95-70-76(68-91-78(83)62-55-48-41-36-35-39-46-53-60-73(6)7)97-80(85)64-57-50-43-34-29-31-38-45-52-59-72(4)5/h71-76,81H,8-70H2,1-7H3,(H,86,87)(H,88,89)/t74-,75-,76-/m1/s1. The Bertz CT molecular complexity index is 1920. The molecule has 0 saturated heterocycles. The van der Waals surface area contributed by atoms with E-state index in [1.807, 2.05) is 0 Å². The smallest absolute Gasteiger partial charge is 0.462 e. The van der Waals surface area contributed by atoms with Crippen molar-refractivity contribution in [2.24, 2.45) is 17.8 Å². The maximum atomic E-state index is 13.1. The quantitative estimate of drug-likeness (QED) is 0.0222. The largest absolute Gasteiger partial charge is 0.472 e. The molecule has 0 aliphatic carbocycles. The highest BCUT2D eigenvalue weighted by Gasteiger charge is 2.30. The van der Waals surface area contributed by atoms with Crippen molar-refractivity contribution in [2.45, 2.75) is 433 Å². The summed E-state index contributed by atoms with van der Waals surface area (Å²) in [4.78, 5) is 73.0. The van der Waals surface area contributed by atoms with E-state index in [0.29, 0.717) is 25.7 Å². The second kappa shape index (κ2) is 70.4. The molecule has 0 bridgehead atoms. The van der Waals surface area contributed by atoms with E-state index in [9.17, 15) is 43.2 Å². The molecule has 588 valence electrons. The molecule has 0 aromatic rings. The number of unbranched alkanes of at least 4 members (excludes halogenated alkanes) is 46. The molecule has 0 spiro atoms. The molecule has 3 N–H and O–H groups in total. The number of ether oxygens (including phenoxy) is 4. The summed E-state index contributed by atoms with van der Waals surface area (Å²) >= 11 is 0. The normalized spacial score (nSPS) is 14.0. The third-order valence-electron chi connectivity index (χ3n) is 18.6. The molecule has 5 atom stereocenters. The van der Waals surface area contributed by atoms with Crippen molar-refractivity contribution >= 4 is 39.5 Å². The van der Waals surface area contributed by atoms with Crippen LogP contribution in [0.3, 0.4) is 0 Å². The minimum Gasteiger partial charge on any atom is -0.462 e. The minimum atomic E-state index is -4.96. The Balaban J connectivity index is 5.22. The number of esters is 4. The van der Waals surface area contributed by atoms with E-state index in [-0.39, 0.29) is 25.7 Å². The van der Waals surface area contributed by atoms with Crippen molar-refractivity contribution in [3.8, 4) is 0 Å². The van der Waals surface area contributed by atoms with Crippen LogP contribution >= 0.6 is 15.6 Å². The van der Waals surface area contributed by atoms with E-state index in [4.69, 9.17) is 37.0 Å². The third kappa shape index (κ3) is 74.1. The summed E-state index contributed by atoms with van der Waals surface area (Å²) in [6.45, 7) is 11.9. The van der Waals surface area contributed by atoms with Crippen molar-refractivity contribution in [1.29, 1.82) is 0 Å². The molecule has 0 heterocycles. The van der Waals surface area contributed by atoms with Gasteiger partial charge in [0.1, 0.15) is 19.3 Å². The molecule has 0 aliphatic rings. The van der Waals surface area contributed by atoms with Gasteiger partial charge >= 0.3 is 39.5 Å². The fourth-order valence-electron chi connectivity index (χ4n) is 12.3. The molecule has 0 saturated carbocycles. The highest BCUT2D eigenvalue weighted by molar-refractivity contribution is 7.47. The molecule has 0 aromatic heterocycles. The van der Waals surface area contributed by atoms with Crippen LogP contribution in [0, 0.1) is 17.8 Å². The molecule has 2 unspecified atom stereocenters. The maximum Gasteiger partial charge on any atom is 0.472 e. The molecular formula is C80H156O17P2. The van der Waals surface area contributed by atoms with E-state index < -0.39 is 97.5 Å². The number of aliphatic hydroxyl groups excluding tert-OH is 1. The SMILES string of the molecule is CCCCCCCCCCCCCCCCCCCCCCCC(=O)O[C@H](COC(=O)CCCCCCCCCCCCCCC(C)C)COP(=O)(O)OC[C@@H](O)COP(=O)(O)OC[C@@H](COC(=O)CCCCCCCCCCC(C)C)OC(=O)CCCCCCCCCCCC(C)C. The van der Waals surface area contributed by atoms with Gasteiger partial charge in [-0.2, -0.15) is 0 Å². The van der Waals surface area contributed by atoms with E-state index in [1.165, 1.54) is 225 Å². The Labute approximate surface area is 607 Å². The molecular weight excluding hydrogens is 1290 g/mol. The van der Waals surface area contributed by atoms with Gasteiger partial charge in [0.25, 0.3) is 0 Å². The van der Waals surface area contributed by atoms with Gasteiger partial charge in [0.05, 0.1) is 26.4 Å². The van der Waals surface area contributed by atoms with Crippen molar-refractivity contribution < 1.29 is 80.2 Å². The van der Waals surface area contributed by atoms with E-state index in [2.05, 4.69) is 48.5 Å². The highest BCUT2D eigenvalue weighted by Crippen LogP contribution is 2.45. The Morgan fingerprint density at radius 3 is 0.687 bits per heavy atom. The number of phosphoric acid groups is 2. The molecule has 19 heteroatoms. The summed E-state index contributed by atoms with van der Waals surface area (Å²) in [7, 11) is -9.92. The van der Waals surface area contributed by atoms with Gasteiger partial charge < -0.3 is 33.8 Å². The third-order valence-corrected chi connectivity index (χ3v) is 20.5. The predicted octanol–water partition coefficient (Wildman–Crippen LogP) is 23.7. The summed E-state index contributed by atoms with van der Waals surface area (Å²) in [5.74, 6) is 0.130. The van der Waals surface area contributed by atoms with Gasteiger partial charge in [0.2, 0.25) is 0 Å². The second-order valence-corrected chi connectivity index (χ2v) is 33.1. The lowest BCUT2D eigenvalue weighted by atomic mass is 10.0. The number of hydrogen-bond acceptors (Lipinski definition) is 15. The lowest BCUT2D eigenvalue weighted by Crippen LogP contribution is -2.30. The first-order valence-corrected chi connectivity index (χ1v) is 44.3. The average Bonchev–Trinajstić information content (AvgIpc) is 0.965. The summed E-state index contributed by atoms with van der Waals surface area (Å²) < 4.78 is 68.7. The van der Waals surface area contributed by atoms with Crippen LogP contribution in [-0.2, 0) is 65.4 Å². The molecule has 99 heavy (non-hydrogen) atoms. The number of hydrogen-bond donors (Lipinski definition) is 3. The summed E-state index contributed by atoms with van der Waals surface area (Å²) in [6.07, 6.45) is 58.4. The van der Waals surface area contributed by atoms with Crippen molar-refractivity contribution in [2.75, 3.05) is 39.6 Å². The molecule has 0 aliphatic heterocycles. The maximum absolute atomic E-state index is 13.1. The average molecular weight is 1450 g/mol. The van der Waals surface area contributed by atoms with Crippen LogP contribution in [0.15, 0.2) is 0 Å². The zero-order valence-electron chi connectivity index (χ0n) is 65.0. The molecule has 17 nitrogen and oxygen atoms in total. The van der Waals surface area contributed by atoms with Crippen LogP contribution in [0.4, 0.5) is 0 Å². The Morgan fingerprint density at radius 2 is 0.465 bits per heavy atom. The predicted molar refractivity (Wildman–Crippen MR) is 405 cm³/mol. The number of aliphatic hydroxyl groups is 1. The molecule has 0 amide bonds. The van der Waals surface area contributed by atoms with E-state index in [0.717, 1.165) is 108 Å². The highest BCUT2D eigenvalue weighted by atomic mass is 31.2. The Hall–Kier alpha value is -1.94. The topological polar surface area (TPSA) is 237 Å². The fourth-order valence-corrected chi connectivity index (χ4v) is 13.9. The van der Waals surface area contributed by atoms with Crippen LogP contribution in [0.25, 0.3) is 0 Å². The minimum absolute atomic E-state index is 0.105. The molecule has 0 aromatic carbocycles. The van der Waals surface area contributed by atoms with Crippen LogP contribution < -0.4 is 0 Å². The first-order valence-electron chi connectivity index (χ1n) is 41.3. The monoisotopic (exact) mass is 1450 g/mol. The zero-order valence-corrected chi connectivity index (χ0v) is 66.8. The first-order chi connectivity index (χ1) is 47.7. The summed E-state index contributed by atoms with van der Waals surface area (Å²) in [5.41, 5.74) is 0.